The van der Waals surface area contributed by atoms with Crippen LogP contribution >= 0.6 is 0 Å². The highest BCUT2D eigenvalue weighted by Crippen LogP contribution is 2.34. The Hall–Kier alpha value is -3.99. The molecule has 0 bridgehead atoms. The maximum absolute atomic E-state index is 13.1. The molecule has 5 heteroatoms. The highest BCUT2D eigenvalue weighted by molar-refractivity contribution is 6.08. The topological polar surface area (TPSA) is 54.0 Å². The summed E-state index contributed by atoms with van der Waals surface area (Å²) in [5, 5.41) is 0. The molecule has 0 atom stereocenters. The highest BCUT2D eigenvalue weighted by Gasteiger charge is 2.14. The zero-order valence-electron chi connectivity index (χ0n) is 20.8. The molecule has 0 aromatic heterocycles. The van der Waals surface area contributed by atoms with Gasteiger partial charge in [0.1, 0.15) is 31.3 Å². The molecule has 0 aliphatic carbocycles. The van der Waals surface area contributed by atoms with Gasteiger partial charge in [-0.25, -0.2) is 0 Å². The average molecular weight is 475 g/mol. The Morgan fingerprint density at radius 3 is 2.23 bits per heavy atom. The first-order valence-electron chi connectivity index (χ1n) is 11.3. The number of carbonyl (C=O) groups is 1. The van der Waals surface area contributed by atoms with Gasteiger partial charge in [-0.3, -0.25) is 4.79 Å². The fourth-order valence-corrected chi connectivity index (χ4v) is 3.18. The van der Waals surface area contributed by atoms with E-state index in [4.69, 9.17) is 18.9 Å². The number of methoxy groups -OCH3 is 1. The van der Waals surface area contributed by atoms with Gasteiger partial charge in [0.15, 0.2) is 17.3 Å². The van der Waals surface area contributed by atoms with Crippen molar-refractivity contribution in [3.8, 4) is 23.0 Å². The third-order valence-electron chi connectivity index (χ3n) is 4.82. The zero-order chi connectivity index (χ0) is 25.6. The van der Waals surface area contributed by atoms with Gasteiger partial charge < -0.3 is 18.9 Å². The molecule has 2 aromatic rings. The van der Waals surface area contributed by atoms with Gasteiger partial charge in [-0.1, -0.05) is 55.7 Å². The van der Waals surface area contributed by atoms with Crippen molar-refractivity contribution < 1.29 is 23.7 Å². The van der Waals surface area contributed by atoms with E-state index in [0.717, 1.165) is 11.1 Å². The van der Waals surface area contributed by atoms with Crippen LogP contribution in [0.15, 0.2) is 86.0 Å². The number of ether oxygens (including phenoxy) is 4. The molecule has 0 spiro atoms. The predicted molar refractivity (Wildman–Crippen MR) is 143 cm³/mol. The largest absolute Gasteiger partial charge is 0.493 e. The lowest BCUT2D eigenvalue weighted by Crippen LogP contribution is -2.03. The van der Waals surface area contributed by atoms with E-state index in [1.165, 1.54) is 11.6 Å². The Bertz CT molecular complexity index is 1100. The number of hydrogen-bond acceptors (Lipinski definition) is 5. The van der Waals surface area contributed by atoms with Gasteiger partial charge in [-0.15, -0.1) is 0 Å². The van der Waals surface area contributed by atoms with E-state index in [1.54, 1.807) is 49.6 Å². The average Bonchev–Trinajstić information content (AvgIpc) is 2.86. The molecule has 0 unspecified atom stereocenters. The minimum atomic E-state index is -0.198. The number of hydrogen-bond donors (Lipinski definition) is 0. The van der Waals surface area contributed by atoms with E-state index < -0.39 is 0 Å². The Kier molecular flexibility index (Phi) is 11.1. The SMILES string of the molecule is C=CCOc1ccc(C(=O)/C=C/c2cc(CC=C(C)C)c(OCC=C)c(OC)c2)c(OCC=C)c1. The molecule has 0 N–H and O–H groups in total. The van der Waals surface area contributed by atoms with E-state index in [0.29, 0.717) is 48.2 Å². The van der Waals surface area contributed by atoms with Gasteiger partial charge in [-0.05, 0) is 56.2 Å². The fraction of sp³-hybridized carbons (Fsp3) is 0.233. The summed E-state index contributed by atoms with van der Waals surface area (Å²) in [7, 11) is 1.60. The summed E-state index contributed by atoms with van der Waals surface area (Å²) in [5.74, 6) is 2.08. The summed E-state index contributed by atoms with van der Waals surface area (Å²) >= 11 is 0. The molecular formula is C30H34O5. The minimum Gasteiger partial charge on any atom is -0.493 e. The molecule has 0 aliphatic rings. The first kappa shape index (κ1) is 27.3. The van der Waals surface area contributed by atoms with Crippen LogP contribution in [0.25, 0.3) is 6.08 Å². The molecule has 0 amide bonds. The van der Waals surface area contributed by atoms with Crippen molar-refractivity contribution in [2.24, 2.45) is 0 Å². The maximum atomic E-state index is 13.1. The van der Waals surface area contributed by atoms with Crippen LogP contribution in [-0.2, 0) is 6.42 Å². The zero-order valence-corrected chi connectivity index (χ0v) is 20.8. The lowest BCUT2D eigenvalue weighted by Gasteiger charge is -2.15. The van der Waals surface area contributed by atoms with Gasteiger partial charge in [0.05, 0.1) is 12.7 Å². The van der Waals surface area contributed by atoms with E-state index >= 15 is 0 Å². The smallest absolute Gasteiger partial charge is 0.189 e. The number of carbonyl (C=O) groups excluding carboxylic acids is 1. The summed E-state index contributed by atoms with van der Waals surface area (Å²) in [5.41, 5.74) is 3.40. The lowest BCUT2D eigenvalue weighted by atomic mass is 10.0. The maximum Gasteiger partial charge on any atom is 0.189 e. The van der Waals surface area contributed by atoms with Gasteiger partial charge in [0, 0.05) is 11.6 Å². The monoisotopic (exact) mass is 474 g/mol. The highest BCUT2D eigenvalue weighted by atomic mass is 16.5. The molecule has 0 saturated heterocycles. The van der Waals surface area contributed by atoms with E-state index in [9.17, 15) is 4.79 Å². The molecule has 0 fully saturated rings. The summed E-state index contributed by atoms with van der Waals surface area (Å²) in [6.07, 6.45) is 11.0. The van der Waals surface area contributed by atoms with Crippen molar-refractivity contribution in [2.45, 2.75) is 20.3 Å². The van der Waals surface area contributed by atoms with Crippen molar-refractivity contribution in [2.75, 3.05) is 26.9 Å². The molecule has 0 aliphatic heterocycles. The molecule has 2 aromatic carbocycles. The molecule has 0 heterocycles. The van der Waals surface area contributed by atoms with Crippen LogP contribution in [0.3, 0.4) is 0 Å². The Balaban J connectivity index is 2.39. The van der Waals surface area contributed by atoms with Crippen molar-refractivity contribution in [3.05, 3.63) is 103 Å². The third-order valence-corrected chi connectivity index (χ3v) is 4.82. The Morgan fingerprint density at radius 1 is 0.886 bits per heavy atom. The second-order valence-electron chi connectivity index (χ2n) is 7.85. The quantitative estimate of drug-likeness (QED) is 0.161. The summed E-state index contributed by atoms with van der Waals surface area (Å²) in [6.45, 7) is 16.1. The molecule has 35 heavy (non-hydrogen) atoms. The van der Waals surface area contributed by atoms with Gasteiger partial charge in [0.2, 0.25) is 0 Å². The second kappa shape index (κ2) is 14.3. The number of rotatable bonds is 15. The number of allylic oxidation sites excluding steroid dienone is 3. The first-order valence-corrected chi connectivity index (χ1v) is 11.3. The minimum absolute atomic E-state index is 0.198. The third kappa shape index (κ3) is 8.38. The normalized spacial score (nSPS) is 10.4. The van der Waals surface area contributed by atoms with Crippen molar-refractivity contribution >= 4 is 11.9 Å². The lowest BCUT2D eigenvalue weighted by molar-refractivity contribution is 0.104. The Morgan fingerprint density at radius 2 is 1.57 bits per heavy atom. The van der Waals surface area contributed by atoms with Crippen LogP contribution in [0, 0.1) is 0 Å². The van der Waals surface area contributed by atoms with Gasteiger partial charge >= 0.3 is 0 Å². The van der Waals surface area contributed by atoms with Crippen molar-refractivity contribution in [1.29, 1.82) is 0 Å². The van der Waals surface area contributed by atoms with Crippen LogP contribution in [0.1, 0.15) is 35.3 Å². The van der Waals surface area contributed by atoms with E-state index in [2.05, 4.69) is 25.8 Å². The van der Waals surface area contributed by atoms with Gasteiger partial charge in [0.25, 0.3) is 0 Å². The summed E-state index contributed by atoms with van der Waals surface area (Å²) in [4.78, 5) is 13.1. The number of ketones is 1. The molecule has 184 valence electrons. The standard InChI is InChI=1S/C30H34O5/c1-7-16-33-25-13-14-26(28(21-25)34-17-8-2)27(31)15-11-23-19-24(12-10-22(4)5)30(35-18-9-3)29(20-23)32-6/h7-11,13-15,19-21H,1-3,12,16-18H2,4-6H3/b15-11+. The van der Waals surface area contributed by atoms with Crippen LogP contribution in [0.4, 0.5) is 0 Å². The Labute approximate surface area is 208 Å². The molecule has 0 saturated carbocycles. The second-order valence-corrected chi connectivity index (χ2v) is 7.85. The predicted octanol–water partition coefficient (Wildman–Crippen LogP) is 6.79. The summed E-state index contributed by atoms with van der Waals surface area (Å²) < 4.78 is 22.7. The van der Waals surface area contributed by atoms with Crippen LogP contribution in [0.2, 0.25) is 0 Å². The molecule has 0 radical (unpaired) electrons. The molecular weight excluding hydrogens is 440 g/mol. The first-order chi connectivity index (χ1) is 16.9. The van der Waals surface area contributed by atoms with Crippen LogP contribution < -0.4 is 18.9 Å². The van der Waals surface area contributed by atoms with E-state index in [1.807, 2.05) is 26.0 Å². The van der Waals surface area contributed by atoms with E-state index in [-0.39, 0.29) is 12.4 Å². The van der Waals surface area contributed by atoms with Crippen LogP contribution in [-0.4, -0.2) is 32.7 Å². The fourth-order valence-electron chi connectivity index (χ4n) is 3.18. The molecule has 5 nitrogen and oxygen atoms in total. The van der Waals surface area contributed by atoms with Crippen LogP contribution in [0.5, 0.6) is 23.0 Å². The number of benzene rings is 2. The van der Waals surface area contributed by atoms with Crippen molar-refractivity contribution in [3.63, 3.8) is 0 Å². The van der Waals surface area contributed by atoms with Gasteiger partial charge in [-0.2, -0.15) is 0 Å². The molecule has 2 rings (SSSR count). The summed E-state index contributed by atoms with van der Waals surface area (Å²) in [6, 6.07) is 8.95. The van der Waals surface area contributed by atoms with Crippen molar-refractivity contribution in [1.82, 2.24) is 0 Å².